The van der Waals surface area contributed by atoms with Crippen molar-refractivity contribution in [2.45, 2.75) is 36.4 Å². The van der Waals surface area contributed by atoms with Gasteiger partial charge in [-0.05, 0) is 35.9 Å². The van der Waals surface area contributed by atoms with Crippen LogP contribution in [0.1, 0.15) is 39.8 Å². The van der Waals surface area contributed by atoms with Crippen molar-refractivity contribution >= 4 is 0 Å². The smallest absolute Gasteiger partial charge is 0.305 e. The van der Waals surface area contributed by atoms with Crippen molar-refractivity contribution in [3.63, 3.8) is 0 Å². The summed E-state index contributed by atoms with van der Waals surface area (Å²) in [7, 11) is 0. The number of ether oxygens (including phenoxy) is 3. The van der Waals surface area contributed by atoms with Gasteiger partial charge in [-0.3, -0.25) is 0 Å². The minimum atomic E-state index is -2.09. The van der Waals surface area contributed by atoms with E-state index in [9.17, 15) is 46.0 Å². The van der Waals surface area contributed by atoms with Gasteiger partial charge in [0.25, 0.3) is 0 Å². The van der Waals surface area contributed by atoms with Gasteiger partial charge in [0.05, 0.1) is 12.0 Å². The Hall–Kier alpha value is -5.20. The van der Waals surface area contributed by atoms with Crippen LogP contribution in [0.4, 0.5) is 0 Å². The van der Waals surface area contributed by atoms with Gasteiger partial charge in [0.1, 0.15) is 46.7 Å². The molecule has 4 aromatic carbocycles. The Balaban J connectivity index is 1.47. The fourth-order valence-electron chi connectivity index (χ4n) is 6.09. The van der Waals surface area contributed by atoms with E-state index in [4.69, 9.17) is 14.2 Å². The van der Waals surface area contributed by atoms with Gasteiger partial charge in [-0.25, -0.2) is 0 Å². The predicted octanol–water partition coefficient (Wildman–Crippen LogP) is 2.79. The van der Waals surface area contributed by atoms with E-state index in [2.05, 4.69) is 0 Å². The molecule has 3 aliphatic heterocycles. The summed E-state index contributed by atoms with van der Waals surface area (Å²) in [5.74, 6) is -6.11. The van der Waals surface area contributed by atoms with E-state index in [0.717, 1.165) is 12.1 Å². The standard InChI is InChI=1S/C30H24O12/c31-13-7-20(37)24-22(8-13)41-30(12-2-4-16(33)19(36)6-12)29(39)26(24)25-23(42-30)10-17(34)14-9-21(38)27(40-28(14)25)11-1-3-15(32)18(35)5-11/h1-8,10,21,26-27,29,31-39H,9H2/t21-,26?,27?,29?,30?/m0/s1. The third-order valence-corrected chi connectivity index (χ3v) is 8.03. The number of aliphatic hydroxyl groups is 2. The highest BCUT2D eigenvalue weighted by Crippen LogP contribution is 2.62. The zero-order valence-electron chi connectivity index (χ0n) is 21.5. The van der Waals surface area contributed by atoms with Crippen molar-refractivity contribution < 1.29 is 60.2 Å². The third kappa shape index (κ3) is 3.49. The predicted molar refractivity (Wildman–Crippen MR) is 141 cm³/mol. The number of aliphatic hydroxyl groups excluding tert-OH is 2. The van der Waals surface area contributed by atoms with Crippen molar-refractivity contribution in [2.75, 3.05) is 0 Å². The van der Waals surface area contributed by atoms with Crippen molar-refractivity contribution in [1.82, 2.24) is 0 Å². The van der Waals surface area contributed by atoms with Crippen LogP contribution in [-0.4, -0.2) is 58.2 Å². The van der Waals surface area contributed by atoms with Gasteiger partial charge < -0.3 is 60.2 Å². The van der Waals surface area contributed by atoms with Crippen molar-refractivity contribution in [2.24, 2.45) is 0 Å². The summed E-state index contributed by atoms with van der Waals surface area (Å²) in [6, 6.07) is 11.1. The molecule has 4 aromatic rings. The van der Waals surface area contributed by atoms with Crippen LogP contribution in [0.5, 0.6) is 57.5 Å². The highest BCUT2D eigenvalue weighted by atomic mass is 16.7. The lowest BCUT2D eigenvalue weighted by molar-refractivity contribution is -0.219. The molecule has 2 bridgehead atoms. The highest BCUT2D eigenvalue weighted by Gasteiger charge is 2.60. The monoisotopic (exact) mass is 576 g/mol. The summed E-state index contributed by atoms with van der Waals surface area (Å²) in [5.41, 5.74) is 0.842. The Labute approximate surface area is 236 Å². The number of phenolic OH excluding ortho intramolecular Hbond substituents is 7. The molecule has 42 heavy (non-hydrogen) atoms. The molecule has 216 valence electrons. The second-order valence-electron chi connectivity index (χ2n) is 10.5. The minimum Gasteiger partial charge on any atom is -0.508 e. The van der Waals surface area contributed by atoms with E-state index in [-0.39, 0.29) is 63.2 Å². The first-order chi connectivity index (χ1) is 20.0. The molecular weight excluding hydrogens is 552 g/mol. The molecule has 5 atom stereocenters. The number of hydrogen-bond acceptors (Lipinski definition) is 12. The minimum absolute atomic E-state index is 0.0177. The third-order valence-electron chi connectivity index (χ3n) is 8.03. The zero-order valence-corrected chi connectivity index (χ0v) is 21.5. The molecule has 0 aliphatic carbocycles. The van der Waals surface area contributed by atoms with E-state index >= 15 is 0 Å². The molecule has 0 amide bonds. The van der Waals surface area contributed by atoms with Gasteiger partial charge in [0.2, 0.25) is 0 Å². The van der Waals surface area contributed by atoms with Gasteiger partial charge in [0, 0.05) is 46.9 Å². The molecule has 0 fully saturated rings. The number of rotatable bonds is 2. The van der Waals surface area contributed by atoms with Crippen LogP contribution in [0, 0.1) is 0 Å². The van der Waals surface area contributed by atoms with Gasteiger partial charge in [-0.15, -0.1) is 0 Å². The van der Waals surface area contributed by atoms with E-state index in [1.807, 2.05) is 0 Å². The first-order valence-corrected chi connectivity index (χ1v) is 12.9. The summed E-state index contributed by atoms with van der Waals surface area (Å²) in [4.78, 5) is 0. The van der Waals surface area contributed by atoms with E-state index in [1.54, 1.807) is 0 Å². The van der Waals surface area contributed by atoms with Crippen LogP contribution in [0.2, 0.25) is 0 Å². The van der Waals surface area contributed by atoms with E-state index in [1.165, 1.54) is 42.5 Å². The topological polar surface area (TPSA) is 210 Å². The second-order valence-corrected chi connectivity index (χ2v) is 10.5. The Bertz CT molecular complexity index is 1790. The van der Waals surface area contributed by atoms with E-state index < -0.39 is 53.0 Å². The van der Waals surface area contributed by atoms with Crippen molar-refractivity contribution in [1.29, 1.82) is 0 Å². The summed E-state index contributed by atoms with van der Waals surface area (Å²) >= 11 is 0. The number of fused-ring (bicyclic) bond motifs is 8. The molecule has 0 saturated carbocycles. The lowest BCUT2D eigenvalue weighted by atomic mass is 9.74. The maximum Gasteiger partial charge on any atom is 0.305 e. The lowest BCUT2D eigenvalue weighted by Crippen LogP contribution is -2.57. The van der Waals surface area contributed by atoms with Crippen LogP contribution < -0.4 is 14.2 Å². The Kier molecular flexibility index (Phi) is 5.30. The summed E-state index contributed by atoms with van der Waals surface area (Å²) in [6.07, 6.45) is -4.00. The molecule has 3 heterocycles. The Morgan fingerprint density at radius 1 is 0.643 bits per heavy atom. The summed E-state index contributed by atoms with van der Waals surface area (Å²) in [6.45, 7) is 0. The average molecular weight is 577 g/mol. The van der Waals surface area contributed by atoms with Crippen LogP contribution in [-0.2, 0) is 12.2 Å². The largest absolute Gasteiger partial charge is 0.508 e. The first-order valence-electron chi connectivity index (χ1n) is 12.9. The SMILES string of the molecule is Oc1cc(O)c2c(c1)OC1(c3ccc(O)c(O)c3)Oc3cc(O)c4c(c3C2C1O)OC(c1ccc(O)c(O)c1)[C@@H](O)C4. The van der Waals surface area contributed by atoms with Gasteiger partial charge in [0.15, 0.2) is 23.0 Å². The first kappa shape index (κ1) is 25.7. The number of hydrogen-bond donors (Lipinski definition) is 9. The van der Waals surface area contributed by atoms with Crippen LogP contribution in [0.15, 0.2) is 54.6 Å². The molecule has 12 nitrogen and oxygen atoms in total. The molecule has 4 unspecified atom stereocenters. The molecular formula is C30H24O12. The van der Waals surface area contributed by atoms with Crippen LogP contribution in [0.3, 0.4) is 0 Å². The number of aromatic hydroxyl groups is 7. The number of benzene rings is 4. The van der Waals surface area contributed by atoms with Crippen molar-refractivity contribution in [3.8, 4) is 57.5 Å². The molecule has 3 aliphatic rings. The molecule has 0 aromatic heterocycles. The van der Waals surface area contributed by atoms with Gasteiger partial charge in [-0.1, -0.05) is 6.07 Å². The Morgan fingerprint density at radius 3 is 2.00 bits per heavy atom. The summed E-state index contributed by atoms with van der Waals surface area (Å²) < 4.78 is 18.6. The lowest BCUT2D eigenvalue weighted by Gasteiger charge is -2.50. The molecule has 0 radical (unpaired) electrons. The highest BCUT2D eigenvalue weighted by molar-refractivity contribution is 5.68. The molecule has 9 N–H and O–H groups in total. The van der Waals surface area contributed by atoms with Gasteiger partial charge >= 0.3 is 5.79 Å². The molecule has 0 saturated heterocycles. The van der Waals surface area contributed by atoms with Crippen LogP contribution >= 0.6 is 0 Å². The quantitative estimate of drug-likeness (QED) is 0.158. The number of phenols is 7. The Morgan fingerprint density at radius 2 is 1.31 bits per heavy atom. The van der Waals surface area contributed by atoms with Crippen molar-refractivity contribution in [3.05, 3.63) is 82.4 Å². The average Bonchev–Trinajstić information content (AvgIpc) is 2.92. The zero-order chi connectivity index (χ0) is 29.7. The maximum atomic E-state index is 11.9. The molecule has 7 rings (SSSR count). The second kappa shape index (κ2) is 8.65. The van der Waals surface area contributed by atoms with Crippen LogP contribution in [0.25, 0.3) is 0 Å². The summed E-state index contributed by atoms with van der Waals surface area (Å²) in [5, 5.41) is 95.1. The van der Waals surface area contributed by atoms with E-state index in [0.29, 0.717) is 5.56 Å². The fourth-order valence-corrected chi connectivity index (χ4v) is 6.09. The fraction of sp³-hybridized carbons (Fsp3) is 0.200. The maximum absolute atomic E-state index is 11.9. The molecule has 0 spiro atoms. The molecule has 12 heteroatoms. The normalized spacial score (nSPS) is 25.2. The van der Waals surface area contributed by atoms with Gasteiger partial charge in [-0.2, -0.15) is 0 Å².